The number of nitrogens with two attached hydrogens (primary N) is 1. The van der Waals surface area contributed by atoms with Crippen LogP contribution in [0.4, 0.5) is 10.5 Å². The lowest BCUT2D eigenvalue weighted by molar-refractivity contribution is -0.122. The number of anilines is 1. The van der Waals surface area contributed by atoms with Gasteiger partial charge in [0.2, 0.25) is 0 Å². The standard InChI is InChI=1S/C21H30N4OS.CH2O2/c22-12-9-17-5-7-18(8-6-17)24-19-10-14-25(15-11-19)21(26)23-13-1-3-20-4-2-16-27-20;2-1-3/h2,4-8,16,19,24H,1,3,9-15,22H2,(H,23,26);1H,(H,2,3). The summed E-state index contributed by atoms with van der Waals surface area (Å²) >= 11 is 1.78. The van der Waals surface area contributed by atoms with E-state index in [0.29, 0.717) is 12.6 Å². The minimum absolute atomic E-state index is 0.0748. The second-order valence-corrected chi connectivity index (χ2v) is 8.19. The molecule has 1 aromatic heterocycles. The highest BCUT2D eigenvalue weighted by Gasteiger charge is 2.22. The molecule has 2 heterocycles. The zero-order valence-corrected chi connectivity index (χ0v) is 18.1. The Labute approximate surface area is 182 Å². The Morgan fingerprint density at radius 2 is 1.90 bits per heavy atom. The van der Waals surface area contributed by atoms with Gasteiger partial charge in [0.05, 0.1) is 0 Å². The number of rotatable bonds is 8. The topological polar surface area (TPSA) is 108 Å². The highest BCUT2D eigenvalue weighted by atomic mass is 32.1. The fraction of sp³-hybridized carbons (Fsp3) is 0.455. The molecule has 0 unspecified atom stereocenters. The molecule has 1 fully saturated rings. The molecule has 0 bridgehead atoms. The van der Waals surface area contributed by atoms with E-state index in [0.717, 1.165) is 57.4 Å². The van der Waals surface area contributed by atoms with Crippen LogP contribution in [0.25, 0.3) is 0 Å². The van der Waals surface area contributed by atoms with Gasteiger partial charge in [0, 0.05) is 36.2 Å². The molecule has 0 radical (unpaired) electrons. The van der Waals surface area contributed by atoms with Gasteiger partial charge < -0.3 is 26.4 Å². The Morgan fingerprint density at radius 3 is 2.50 bits per heavy atom. The third-order valence-electron chi connectivity index (χ3n) is 5.00. The average molecular weight is 433 g/mol. The molecule has 0 atom stereocenters. The van der Waals surface area contributed by atoms with E-state index in [4.69, 9.17) is 15.6 Å². The van der Waals surface area contributed by atoms with Crippen molar-refractivity contribution in [2.75, 3.05) is 31.5 Å². The van der Waals surface area contributed by atoms with Crippen LogP contribution in [0, 0.1) is 0 Å². The maximum Gasteiger partial charge on any atom is 0.317 e. The van der Waals surface area contributed by atoms with Gasteiger partial charge in [-0.2, -0.15) is 0 Å². The quantitative estimate of drug-likeness (QED) is 0.379. The smallest absolute Gasteiger partial charge is 0.317 e. The molecule has 5 N–H and O–H groups in total. The van der Waals surface area contributed by atoms with Gasteiger partial charge in [-0.15, -0.1) is 11.3 Å². The van der Waals surface area contributed by atoms with Gasteiger partial charge in [-0.25, -0.2) is 4.79 Å². The number of likely N-dealkylation sites (tertiary alicyclic amines) is 1. The van der Waals surface area contributed by atoms with Gasteiger partial charge in [-0.05, 0) is 67.8 Å². The van der Waals surface area contributed by atoms with Crippen molar-refractivity contribution in [2.45, 2.75) is 38.1 Å². The Morgan fingerprint density at radius 1 is 1.20 bits per heavy atom. The third-order valence-corrected chi connectivity index (χ3v) is 5.93. The molecule has 7 nitrogen and oxygen atoms in total. The maximum atomic E-state index is 12.3. The Balaban J connectivity index is 0.00000101. The van der Waals surface area contributed by atoms with Crippen LogP contribution in [0.3, 0.4) is 0 Å². The van der Waals surface area contributed by atoms with Gasteiger partial charge in [0.1, 0.15) is 0 Å². The van der Waals surface area contributed by atoms with Crippen LogP contribution in [0.5, 0.6) is 0 Å². The SMILES string of the molecule is NCCc1ccc(NC2CCN(C(=O)NCCCc3cccs3)CC2)cc1.O=CO. The number of benzene rings is 1. The molecule has 2 amide bonds. The molecule has 0 saturated carbocycles. The van der Waals surface area contributed by atoms with Gasteiger partial charge in [0.15, 0.2) is 0 Å². The number of aryl methyl sites for hydroxylation is 1. The lowest BCUT2D eigenvalue weighted by Crippen LogP contribution is -2.47. The van der Waals surface area contributed by atoms with Gasteiger partial charge in [0.25, 0.3) is 6.47 Å². The monoisotopic (exact) mass is 432 g/mol. The first-order valence-corrected chi connectivity index (χ1v) is 11.2. The lowest BCUT2D eigenvalue weighted by Gasteiger charge is -2.33. The minimum atomic E-state index is -0.250. The fourth-order valence-electron chi connectivity index (χ4n) is 3.42. The normalized spacial score (nSPS) is 13.8. The van der Waals surface area contributed by atoms with E-state index >= 15 is 0 Å². The first kappa shape index (κ1) is 23.7. The number of nitrogens with zero attached hydrogens (tertiary/aromatic N) is 1. The summed E-state index contributed by atoms with van der Waals surface area (Å²) in [6, 6.07) is 13.2. The Hall–Kier alpha value is -2.58. The molecule has 0 aliphatic carbocycles. The number of nitrogens with one attached hydrogen (secondary N) is 2. The van der Waals surface area contributed by atoms with Crippen molar-refractivity contribution in [2.24, 2.45) is 5.73 Å². The third kappa shape index (κ3) is 8.42. The van der Waals surface area contributed by atoms with Crippen LogP contribution in [0.2, 0.25) is 0 Å². The minimum Gasteiger partial charge on any atom is -0.483 e. The second kappa shape index (κ2) is 13.6. The number of carboxylic acid groups (broad SMARTS) is 1. The first-order valence-electron chi connectivity index (χ1n) is 10.3. The Kier molecular flexibility index (Phi) is 10.7. The van der Waals surface area contributed by atoms with Crippen LogP contribution in [-0.4, -0.2) is 54.7 Å². The van der Waals surface area contributed by atoms with Crippen molar-refractivity contribution in [1.29, 1.82) is 0 Å². The van der Waals surface area contributed by atoms with E-state index in [9.17, 15) is 4.79 Å². The van der Waals surface area contributed by atoms with Crippen LogP contribution < -0.4 is 16.4 Å². The van der Waals surface area contributed by atoms with E-state index in [1.165, 1.54) is 10.4 Å². The summed E-state index contributed by atoms with van der Waals surface area (Å²) < 4.78 is 0. The van der Waals surface area contributed by atoms with Crippen molar-refractivity contribution in [1.82, 2.24) is 10.2 Å². The van der Waals surface area contributed by atoms with E-state index in [1.54, 1.807) is 11.3 Å². The molecule has 1 aliphatic rings. The summed E-state index contributed by atoms with van der Waals surface area (Å²) in [7, 11) is 0. The van der Waals surface area contributed by atoms with E-state index in [-0.39, 0.29) is 12.5 Å². The summed E-state index contributed by atoms with van der Waals surface area (Å²) in [6.45, 7) is 2.78. The summed E-state index contributed by atoms with van der Waals surface area (Å²) in [6.07, 6.45) is 4.90. The molecule has 164 valence electrons. The van der Waals surface area contributed by atoms with E-state index in [1.807, 2.05) is 4.90 Å². The highest BCUT2D eigenvalue weighted by Crippen LogP contribution is 2.17. The lowest BCUT2D eigenvalue weighted by atomic mass is 10.0. The number of carbonyl (C=O) groups excluding carboxylic acids is 1. The van der Waals surface area contributed by atoms with Crippen LogP contribution in [0.1, 0.15) is 29.7 Å². The zero-order chi connectivity index (χ0) is 21.6. The van der Waals surface area contributed by atoms with Crippen molar-refractivity contribution in [3.8, 4) is 0 Å². The molecule has 8 heteroatoms. The molecule has 2 aromatic rings. The number of piperidine rings is 1. The number of carbonyl (C=O) groups is 2. The molecule has 0 spiro atoms. The van der Waals surface area contributed by atoms with Crippen molar-refractivity contribution in [3.63, 3.8) is 0 Å². The van der Waals surface area contributed by atoms with Crippen LogP contribution in [0.15, 0.2) is 41.8 Å². The molecule has 1 saturated heterocycles. The molecule has 1 aromatic carbocycles. The average Bonchev–Trinajstić information content (AvgIpc) is 3.27. The summed E-state index contributed by atoms with van der Waals surface area (Å²) in [4.78, 5) is 24.0. The summed E-state index contributed by atoms with van der Waals surface area (Å²) in [5, 5.41) is 15.6. The highest BCUT2D eigenvalue weighted by molar-refractivity contribution is 7.09. The molecular formula is C22H32N4O3S. The number of thiophene rings is 1. The van der Waals surface area contributed by atoms with Crippen molar-refractivity contribution < 1.29 is 14.7 Å². The number of amides is 2. The fourth-order valence-corrected chi connectivity index (χ4v) is 4.17. The number of urea groups is 1. The predicted molar refractivity (Wildman–Crippen MR) is 122 cm³/mol. The van der Waals surface area contributed by atoms with Crippen LogP contribution in [-0.2, 0) is 17.6 Å². The largest absolute Gasteiger partial charge is 0.483 e. The molecule has 1 aliphatic heterocycles. The van der Waals surface area contributed by atoms with E-state index < -0.39 is 0 Å². The maximum absolute atomic E-state index is 12.3. The second-order valence-electron chi connectivity index (χ2n) is 7.16. The van der Waals surface area contributed by atoms with Crippen LogP contribution >= 0.6 is 11.3 Å². The summed E-state index contributed by atoms with van der Waals surface area (Å²) in [5.74, 6) is 0. The predicted octanol–water partition coefficient (Wildman–Crippen LogP) is 3.17. The number of hydrogen-bond acceptors (Lipinski definition) is 5. The van der Waals surface area contributed by atoms with Gasteiger partial charge >= 0.3 is 6.03 Å². The Bertz CT molecular complexity index is 729. The number of hydrogen-bond donors (Lipinski definition) is 4. The molecular weight excluding hydrogens is 400 g/mol. The molecule has 30 heavy (non-hydrogen) atoms. The van der Waals surface area contributed by atoms with E-state index in [2.05, 4.69) is 52.4 Å². The first-order chi connectivity index (χ1) is 14.7. The van der Waals surface area contributed by atoms with Gasteiger partial charge in [-0.3, -0.25) is 4.79 Å². The molecule has 3 rings (SSSR count). The zero-order valence-electron chi connectivity index (χ0n) is 17.3. The van der Waals surface area contributed by atoms with Crippen molar-refractivity contribution in [3.05, 3.63) is 52.2 Å². The van der Waals surface area contributed by atoms with Gasteiger partial charge in [-0.1, -0.05) is 18.2 Å². The summed E-state index contributed by atoms with van der Waals surface area (Å²) in [5.41, 5.74) is 8.01. The van der Waals surface area contributed by atoms with Crippen molar-refractivity contribution >= 4 is 29.5 Å².